The number of nitro groups is 1. The standard InChI is InChI=1S/C33H55N5O8/c1-4-7-20-44-31(39)24-34-29(23-28-10-12-30(13-11-28)38(42)43)25-35-14-16-36(26-32(40)45-21-8-5-2)18-19-37(17-15-35)27-33(41)46-22-9-6-3/h10-13,29,34H,4-9,14-27H2,1-3H3. The molecule has 1 aromatic carbocycles. The number of nitrogens with zero attached hydrogens (tertiary/aromatic N) is 4. The zero-order valence-electron chi connectivity index (χ0n) is 28.1. The molecule has 0 spiro atoms. The summed E-state index contributed by atoms with van der Waals surface area (Å²) in [4.78, 5) is 54.7. The number of carbonyl (C=O) groups is 3. The van der Waals surface area contributed by atoms with Gasteiger partial charge in [-0.25, -0.2) is 0 Å². The maximum absolute atomic E-state index is 12.6. The molecule has 1 aliphatic rings. The van der Waals surface area contributed by atoms with Gasteiger partial charge < -0.3 is 19.5 Å². The largest absolute Gasteiger partial charge is 0.465 e. The number of ether oxygens (including phenoxy) is 3. The van der Waals surface area contributed by atoms with Gasteiger partial charge >= 0.3 is 17.9 Å². The SMILES string of the molecule is CCCCOC(=O)CNC(Cc1ccc([N+](=O)[O-])cc1)CN1CCN(CC(=O)OCCCC)CCN(CC(=O)OCCCC)CC1. The molecule has 1 aliphatic heterocycles. The quantitative estimate of drug-likeness (QED) is 0.0687. The third-order valence-electron chi connectivity index (χ3n) is 7.83. The van der Waals surface area contributed by atoms with Gasteiger partial charge in [0, 0.05) is 64.0 Å². The van der Waals surface area contributed by atoms with E-state index in [4.69, 9.17) is 14.2 Å². The predicted octanol–water partition coefficient (Wildman–Crippen LogP) is 3.05. The summed E-state index contributed by atoms with van der Waals surface area (Å²) in [6.07, 6.45) is 5.81. The van der Waals surface area contributed by atoms with E-state index in [1.54, 1.807) is 12.1 Å². The summed E-state index contributed by atoms with van der Waals surface area (Å²) >= 11 is 0. The van der Waals surface area contributed by atoms with Crippen molar-refractivity contribution in [3.05, 3.63) is 39.9 Å². The zero-order chi connectivity index (χ0) is 33.6. The molecule has 1 unspecified atom stereocenters. The monoisotopic (exact) mass is 649 g/mol. The normalized spacial score (nSPS) is 15.7. The van der Waals surface area contributed by atoms with Gasteiger partial charge in [0.25, 0.3) is 5.69 Å². The van der Waals surface area contributed by atoms with Gasteiger partial charge in [-0.3, -0.25) is 39.2 Å². The van der Waals surface area contributed by atoms with Crippen LogP contribution >= 0.6 is 0 Å². The number of rotatable bonds is 21. The van der Waals surface area contributed by atoms with E-state index in [1.807, 2.05) is 20.8 Å². The van der Waals surface area contributed by atoms with Crippen LogP contribution in [-0.4, -0.2) is 129 Å². The maximum atomic E-state index is 12.6. The van der Waals surface area contributed by atoms with Crippen LogP contribution in [0.25, 0.3) is 0 Å². The Hall–Kier alpha value is -3.13. The highest BCUT2D eigenvalue weighted by Crippen LogP contribution is 2.14. The zero-order valence-corrected chi connectivity index (χ0v) is 28.1. The highest BCUT2D eigenvalue weighted by atomic mass is 16.6. The molecule has 0 bridgehead atoms. The van der Waals surface area contributed by atoms with Crippen LogP contribution < -0.4 is 5.32 Å². The van der Waals surface area contributed by atoms with Crippen LogP contribution in [0.2, 0.25) is 0 Å². The average molecular weight is 650 g/mol. The molecule has 1 saturated heterocycles. The number of hydrogen-bond donors (Lipinski definition) is 1. The lowest BCUT2D eigenvalue weighted by atomic mass is 10.0. The molecule has 0 saturated carbocycles. The van der Waals surface area contributed by atoms with Crippen LogP contribution in [-0.2, 0) is 35.0 Å². The Kier molecular flexibility index (Phi) is 19.7. The van der Waals surface area contributed by atoms with E-state index in [9.17, 15) is 24.5 Å². The Labute approximate surface area is 274 Å². The summed E-state index contributed by atoms with van der Waals surface area (Å²) in [5.74, 6) is -0.847. The number of unbranched alkanes of at least 4 members (excludes halogenated alkanes) is 3. The number of carbonyl (C=O) groups excluding carboxylic acids is 3. The van der Waals surface area contributed by atoms with Crippen molar-refractivity contribution in [3.8, 4) is 0 Å². The molecule has 0 aliphatic carbocycles. The van der Waals surface area contributed by atoms with Gasteiger partial charge in [0.15, 0.2) is 0 Å². The molecule has 1 fully saturated rings. The van der Waals surface area contributed by atoms with Gasteiger partial charge in [-0.05, 0) is 31.2 Å². The number of hydrogen-bond acceptors (Lipinski definition) is 12. The first-order valence-corrected chi connectivity index (χ1v) is 16.8. The fraction of sp³-hybridized carbons (Fsp3) is 0.727. The van der Waals surface area contributed by atoms with E-state index in [2.05, 4.69) is 20.0 Å². The van der Waals surface area contributed by atoms with Crippen molar-refractivity contribution in [3.63, 3.8) is 0 Å². The van der Waals surface area contributed by atoms with Crippen molar-refractivity contribution in [1.29, 1.82) is 0 Å². The molecule has 1 aromatic rings. The summed E-state index contributed by atoms with van der Waals surface area (Å²) in [6, 6.07) is 6.29. The molecule has 13 heteroatoms. The van der Waals surface area contributed by atoms with Crippen molar-refractivity contribution < 1.29 is 33.5 Å². The number of nitrogens with one attached hydrogen (secondary N) is 1. The first-order chi connectivity index (χ1) is 22.2. The second-order valence-corrected chi connectivity index (χ2v) is 11.8. The molecule has 1 heterocycles. The molecule has 13 nitrogen and oxygen atoms in total. The minimum Gasteiger partial charge on any atom is -0.465 e. The molecule has 0 amide bonds. The highest BCUT2D eigenvalue weighted by Gasteiger charge is 2.23. The fourth-order valence-electron chi connectivity index (χ4n) is 4.96. The summed E-state index contributed by atoms with van der Waals surface area (Å²) in [6.45, 7) is 12.0. The van der Waals surface area contributed by atoms with Gasteiger partial charge in [0.2, 0.25) is 0 Å². The first kappa shape index (κ1) is 39.1. The molecule has 2 rings (SSSR count). The van der Waals surface area contributed by atoms with Crippen LogP contribution in [0, 0.1) is 10.1 Å². The second kappa shape index (κ2) is 23.2. The number of esters is 3. The van der Waals surface area contributed by atoms with Crippen molar-refractivity contribution >= 4 is 23.6 Å². The lowest BCUT2D eigenvalue weighted by Crippen LogP contribution is -2.47. The molecular weight excluding hydrogens is 594 g/mol. The van der Waals surface area contributed by atoms with Gasteiger partial charge in [-0.1, -0.05) is 52.2 Å². The second-order valence-electron chi connectivity index (χ2n) is 11.8. The molecule has 0 aromatic heterocycles. The van der Waals surface area contributed by atoms with Crippen molar-refractivity contribution in [2.24, 2.45) is 0 Å². The van der Waals surface area contributed by atoms with Crippen LogP contribution in [0.15, 0.2) is 24.3 Å². The summed E-state index contributed by atoms with van der Waals surface area (Å²) in [5.41, 5.74) is 0.925. The van der Waals surface area contributed by atoms with E-state index < -0.39 is 4.92 Å². The van der Waals surface area contributed by atoms with Crippen LogP contribution in [0.5, 0.6) is 0 Å². The third-order valence-corrected chi connectivity index (χ3v) is 7.83. The molecule has 1 atom stereocenters. The Morgan fingerprint density at radius 1 is 0.739 bits per heavy atom. The Bertz CT molecular complexity index is 1010. The number of benzene rings is 1. The molecule has 0 radical (unpaired) electrons. The summed E-state index contributed by atoms with van der Waals surface area (Å²) < 4.78 is 16.2. The summed E-state index contributed by atoms with van der Waals surface area (Å²) in [7, 11) is 0. The molecular formula is C33H55N5O8. The first-order valence-electron chi connectivity index (χ1n) is 16.8. The highest BCUT2D eigenvalue weighted by molar-refractivity contribution is 5.72. The van der Waals surface area contributed by atoms with Crippen molar-refractivity contribution in [1.82, 2.24) is 20.0 Å². The lowest BCUT2D eigenvalue weighted by Gasteiger charge is -2.30. The smallest absolute Gasteiger partial charge is 0.320 e. The Balaban J connectivity index is 2.16. The van der Waals surface area contributed by atoms with Gasteiger partial charge in [-0.2, -0.15) is 0 Å². The molecule has 260 valence electrons. The van der Waals surface area contributed by atoms with E-state index in [0.717, 1.165) is 44.1 Å². The van der Waals surface area contributed by atoms with Crippen molar-refractivity contribution in [2.45, 2.75) is 71.8 Å². The molecule has 1 N–H and O–H groups in total. The minimum atomic E-state index is -0.425. The topological polar surface area (TPSA) is 144 Å². The van der Waals surface area contributed by atoms with Gasteiger partial charge in [0.1, 0.15) is 0 Å². The predicted molar refractivity (Wildman–Crippen MR) is 176 cm³/mol. The average Bonchev–Trinajstić information content (AvgIpc) is 3.11. The third kappa shape index (κ3) is 17.0. The van der Waals surface area contributed by atoms with E-state index in [0.29, 0.717) is 72.1 Å². The number of nitro benzene ring substituents is 1. The van der Waals surface area contributed by atoms with Crippen LogP contribution in [0.1, 0.15) is 64.9 Å². The molecule has 46 heavy (non-hydrogen) atoms. The van der Waals surface area contributed by atoms with Crippen LogP contribution in [0.3, 0.4) is 0 Å². The maximum Gasteiger partial charge on any atom is 0.320 e. The van der Waals surface area contributed by atoms with Gasteiger partial charge in [-0.15, -0.1) is 0 Å². The fourth-order valence-corrected chi connectivity index (χ4v) is 4.96. The van der Waals surface area contributed by atoms with E-state index in [1.165, 1.54) is 12.1 Å². The van der Waals surface area contributed by atoms with E-state index in [-0.39, 0.29) is 49.3 Å². The lowest BCUT2D eigenvalue weighted by molar-refractivity contribution is -0.384. The summed E-state index contributed by atoms with van der Waals surface area (Å²) in [5, 5.41) is 14.5. The Morgan fingerprint density at radius 2 is 1.17 bits per heavy atom. The van der Waals surface area contributed by atoms with Crippen LogP contribution in [0.4, 0.5) is 5.69 Å². The number of non-ortho nitro benzene ring substituents is 1. The Morgan fingerprint density at radius 3 is 1.61 bits per heavy atom. The van der Waals surface area contributed by atoms with Gasteiger partial charge in [0.05, 0.1) is 44.4 Å². The van der Waals surface area contributed by atoms with E-state index >= 15 is 0 Å². The minimum absolute atomic E-state index is 0.0226. The van der Waals surface area contributed by atoms with Crippen molar-refractivity contribution in [2.75, 3.05) is 85.3 Å².